The first-order valence-electron chi connectivity index (χ1n) is 7.31. The molecule has 112 valence electrons. The van der Waals surface area contributed by atoms with Crippen LogP contribution in [0.15, 0.2) is 30.3 Å². The van der Waals surface area contributed by atoms with Gasteiger partial charge < -0.3 is 9.84 Å². The molecule has 0 aliphatic carbocycles. The van der Waals surface area contributed by atoms with E-state index in [1.807, 2.05) is 19.9 Å². The van der Waals surface area contributed by atoms with E-state index in [-0.39, 0.29) is 0 Å². The van der Waals surface area contributed by atoms with Gasteiger partial charge in [0.05, 0.1) is 13.2 Å². The van der Waals surface area contributed by atoms with Gasteiger partial charge in [0.2, 0.25) is 0 Å². The van der Waals surface area contributed by atoms with Crippen LogP contribution in [-0.2, 0) is 6.42 Å². The lowest BCUT2D eigenvalue weighted by atomic mass is 9.94. The Hall–Kier alpha value is -1.80. The van der Waals surface area contributed by atoms with Crippen molar-refractivity contribution in [1.29, 1.82) is 0 Å². The van der Waals surface area contributed by atoms with Crippen molar-refractivity contribution < 1.29 is 9.84 Å². The molecule has 2 aromatic rings. The summed E-state index contributed by atoms with van der Waals surface area (Å²) in [6, 6.07) is 10.4. The lowest BCUT2D eigenvalue weighted by Crippen LogP contribution is -2.07. The van der Waals surface area contributed by atoms with Gasteiger partial charge in [0.25, 0.3) is 0 Å². The Morgan fingerprint density at radius 3 is 2.29 bits per heavy atom. The molecule has 0 amide bonds. The molecule has 2 aromatic carbocycles. The van der Waals surface area contributed by atoms with Crippen molar-refractivity contribution in [2.24, 2.45) is 0 Å². The van der Waals surface area contributed by atoms with Crippen LogP contribution in [0.25, 0.3) is 0 Å². The average Bonchev–Trinajstić information content (AvgIpc) is 2.41. The molecule has 0 aliphatic heterocycles. The summed E-state index contributed by atoms with van der Waals surface area (Å²) >= 11 is 0. The highest BCUT2D eigenvalue weighted by molar-refractivity contribution is 5.45. The van der Waals surface area contributed by atoms with Gasteiger partial charge in [-0.25, -0.2) is 0 Å². The topological polar surface area (TPSA) is 29.5 Å². The number of hydrogen-bond acceptors (Lipinski definition) is 2. The molecular formula is C19H24O2. The fraction of sp³-hybridized carbons (Fsp3) is 0.368. The molecule has 0 radical (unpaired) electrons. The largest absolute Gasteiger partial charge is 0.496 e. The van der Waals surface area contributed by atoms with Gasteiger partial charge in [0.15, 0.2) is 0 Å². The minimum absolute atomic E-state index is 0.553. The van der Waals surface area contributed by atoms with Crippen LogP contribution in [0.1, 0.15) is 39.5 Å². The molecule has 21 heavy (non-hydrogen) atoms. The lowest BCUT2D eigenvalue weighted by Gasteiger charge is -2.19. The van der Waals surface area contributed by atoms with Crippen LogP contribution in [0.3, 0.4) is 0 Å². The Labute approximate surface area is 127 Å². The second-order valence-electron chi connectivity index (χ2n) is 5.84. The Bertz CT molecular complexity index is 644. The van der Waals surface area contributed by atoms with E-state index in [9.17, 15) is 5.11 Å². The average molecular weight is 284 g/mol. The number of methoxy groups -OCH3 is 1. The minimum Gasteiger partial charge on any atom is -0.496 e. The van der Waals surface area contributed by atoms with Crippen LogP contribution in [0, 0.1) is 27.7 Å². The molecule has 0 aliphatic rings. The summed E-state index contributed by atoms with van der Waals surface area (Å²) in [6.45, 7) is 8.26. The van der Waals surface area contributed by atoms with Gasteiger partial charge in [-0.15, -0.1) is 0 Å². The Morgan fingerprint density at radius 1 is 0.952 bits per heavy atom. The van der Waals surface area contributed by atoms with Crippen molar-refractivity contribution >= 4 is 0 Å². The number of aryl methyl sites for hydroxylation is 4. The van der Waals surface area contributed by atoms with E-state index >= 15 is 0 Å². The van der Waals surface area contributed by atoms with E-state index in [4.69, 9.17) is 4.74 Å². The maximum absolute atomic E-state index is 10.6. The van der Waals surface area contributed by atoms with Crippen LogP contribution in [0.2, 0.25) is 0 Å². The summed E-state index contributed by atoms with van der Waals surface area (Å²) in [5, 5.41) is 10.6. The summed E-state index contributed by atoms with van der Waals surface area (Å²) in [5.74, 6) is 0.767. The van der Waals surface area contributed by atoms with Crippen LogP contribution in [0.4, 0.5) is 0 Å². The van der Waals surface area contributed by atoms with Crippen molar-refractivity contribution in [2.45, 2.75) is 40.2 Å². The summed E-state index contributed by atoms with van der Waals surface area (Å²) in [7, 11) is 1.65. The molecule has 0 bridgehead atoms. The van der Waals surface area contributed by atoms with Gasteiger partial charge in [0.1, 0.15) is 5.75 Å². The fourth-order valence-electron chi connectivity index (χ4n) is 2.79. The highest BCUT2D eigenvalue weighted by atomic mass is 16.5. The Kier molecular flexibility index (Phi) is 4.69. The highest BCUT2D eigenvalue weighted by Gasteiger charge is 2.17. The predicted octanol–water partition coefficient (Wildman–Crippen LogP) is 4.20. The highest BCUT2D eigenvalue weighted by Crippen LogP contribution is 2.32. The van der Waals surface area contributed by atoms with E-state index in [2.05, 4.69) is 38.1 Å². The van der Waals surface area contributed by atoms with Gasteiger partial charge >= 0.3 is 0 Å². The van der Waals surface area contributed by atoms with Gasteiger partial charge in [-0.3, -0.25) is 0 Å². The van der Waals surface area contributed by atoms with Gasteiger partial charge in [-0.1, -0.05) is 24.3 Å². The number of benzene rings is 2. The molecule has 1 N–H and O–H groups in total. The first-order valence-corrected chi connectivity index (χ1v) is 7.31. The smallest absolute Gasteiger partial charge is 0.125 e. The Morgan fingerprint density at radius 2 is 1.67 bits per heavy atom. The van der Waals surface area contributed by atoms with Crippen LogP contribution < -0.4 is 4.74 Å². The summed E-state index contributed by atoms with van der Waals surface area (Å²) in [6.07, 6.45) is 0.0455. The zero-order valence-corrected chi connectivity index (χ0v) is 13.5. The van der Waals surface area contributed by atoms with E-state index in [0.717, 1.165) is 28.0 Å². The number of aliphatic hydroxyl groups excluding tert-OH is 1. The third-order valence-electron chi connectivity index (χ3n) is 4.05. The molecule has 0 heterocycles. The van der Waals surface area contributed by atoms with E-state index in [1.165, 1.54) is 11.1 Å². The second kappa shape index (κ2) is 6.31. The quantitative estimate of drug-likeness (QED) is 0.911. The molecule has 0 spiro atoms. The molecular weight excluding hydrogens is 260 g/mol. The minimum atomic E-state index is -0.553. The van der Waals surface area contributed by atoms with Crippen molar-refractivity contribution in [2.75, 3.05) is 7.11 Å². The molecule has 2 nitrogen and oxygen atoms in total. The normalized spacial score (nSPS) is 12.3. The van der Waals surface area contributed by atoms with E-state index < -0.39 is 6.10 Å². The number of aliphatic hydroxyl groups is 1. The monoisotopic (exact) mass is 284 g/mol. The number of hydrogen-bond donors (Lipinski definition) is 1. The number of rotatable bonds is 4. The molecule has 0 saturated heterocycles. The van der Waals surface area contributed by atoms with Crippen LogP contribution in [-0.4, -0.2) is 12.2 Å². The Balaban J connectivity index is 2.31. The molecule has 0 fully saturated rings. The summed E-state index contributed by atoms with van der Waals surface area (Å²) < 4.78 is 5.45. The first kappa shape index (κ1) is 15.6. The van der Waals surface area contributed by atoms with Gasteiger partial charge in [-0.2, -0.15) is 0 Å². The SMILES string of the molecule is COc1cc(C)cc(C)c1C(O)Cc1ccc(C)c(C)c1. The van der Waals surface area contributed by atoms with Crippen molar-refractivity contribution in [1.82, 2.24) is 0 Å². The maximum atomic E-state index is 10.6. The zero-order chi connectivity index (χ0) is 15.6. The van der Waals surface area contributed by atoms with Gasteiger partial charge in [-0.05, 0) is 61.6 Å². The molecule has 1 atom stereocenters. The standard InChI is InChI=1S/C19H24O2/c1-12-8-15(4)19(18(9-12)21-5)17(20)11-16-7-6-13(2)14(3)10-16/h6-10,17,20H,11H2,1-5H3. The fourth-order valence-corrected chi connectivity index (χ4v) is 2.79. The number of ether oxygens (including phenoxy) is 1. The zero-order valence-electron chi connectivity index (χ0n) is 13.5. The summed E-state index contributed by atoms with van der Waals surface area (Å²) in [4.78, 5) is 0. The van der Waals surface area contributed by atoms with E-state index in [1.54, 1.807) is 7.11 Å². The second-order valence-corrected chi connectivity index (χ2v) is 5.84. The lowest BCUT2D eigenvalue weighted by molar-refractivity contribution is 0.173. The van der Waals surface area contributed by atoms with Crippen LogP contribution >= 0.6 is 0 Å². The predicted molar refractivity (Wildman–Crippen MR) is 87.0 cm³/mol. The third kappa shape index (κ3) is 3.45. The van der Waals surface area contributed by atoms with Crippen LogP contribution in [0.5, 0.6) is 5.75 Å². The molecule has 0 aromatic heterocycles. The first-order chi connectivity index (χ1) is 9.92. The molecule has 0 saturated carbocycles. The van der Waals surface area contributed by atoms with Crippen molar-refractivity contribution in [3.63, 3.8) is 0 Å². The summed E-state index contributed by atoms with van der Waals surface area (Å²) in [5.41, 5.74) is 6.79. The molecule has 2 heteroatoms. The van der Waals surface area contributed by atoms with Gasteiger partial charge in [0, 0.05) is 12.0 Å². The molecule has 1 unspecified atom stereocenters. The van der Waals surface area contributed by atoms with Crippen molar-refractivity contribution in [3.8, 4) is 5.75 Å². The maximum Gasteiger partial charge on any atom is 0.125 e. The third-order valence-corrected chi connectivity index (χ3v) is 4.05. The molecule has 2 rings (SSSR count). The van der Waals surface area contributed by atoms with Crippen molar-refractivity contribution in [3.05, 3.63) is 63.7 Å². The van der Waals surface area contributed by atoms with E-state index in [0.29, 0.717) is 6.42 Å².